The van der Waals surface area contributed by atoms with Crippen molar-refractivity contribution in [1.82, 2.24) is 20.4 Å². The minimum atomic E-state index is 0. The molecule has 18 heavy (non-hydrogen) atoms. The van der Waals surface area contributed by atoms with Crippen LogP contribution in [-0.2, 0) is 13.6 Å². The first-order valence-corrected chi connectivity index (χ1v) is 5.97. The Kier molecular flexibility index (Phi) is 7.97. The normalized spacial score (nSPS) is 13.1. The van der Waals surface area contributed by atoms with Crippen molar-refractivity contribution in [2.45, 2.75) is 33.4 Å². The molecular weight excluding hydrogens is 341 g/mol. The number of aliphatic imine (C=N–C) groups is 1. The fourth-order valence-corrected chi connectivity index (χ4v) is 1.33. The van der Waals surface area contributed by atoms with Crippen molar-refractivity contribution in [3.05, 3.63) is 18.0 Å². The lowest BCUT2D eigenvalue weighted by atomic mass is 10.1. The van der Waals surface area contributed by atoms with Gasteiger partial charge in [0.1, 0.15) is 0 Å². The average molecular weight is 365 g/mol. The van der Waals surface area contributed by atoms with Crippen LogP contribution in [0, 0.1) is 5.92 Å². The molecule has 0 aliphatic heterocycles. The zero-order valence-electron chi connectivity index (χ0n) is 11.8. The topological polar surface area (TPSA) is 54.2 Å². The molecule has 1 rings (SSSR count). The van der Waals surface area contributed by atoms with Crippen molar-refractivity contribution in [2.75, 3.05) is 7.05 Å². The number of nitrogens with zero attached hydrogens (tertiary/aromatic N) is 3. The summed E-state index contributed by atoms with van der Waals surface area (Å²) in [6.07, 6.45) is 3.85. The molecule has 1 aromatic heterocycles. The van der Waals surface area contributed by atoms with Gasteiger partial charge in [0, 0.05) is 38.4 Å². The first-order valence-electron chi connectivity index (χ1n) is 5.97. The largest absolute Gasteiger partial charge is 0.354 e. The van der Waals surface area contributed by atoms with Gasteiger partial charge in [-0.15, -0.1) is 24.0 Å². The van der Waals surface area contributed by atoms with Crippen LogP contribution < -0.4 is 10.6 Å². The molecule has 0 spiro atoms. The standard InChI is InChI=1S/C12H23N5.HI/c1-9(2)10(3)16-12(13-4)14-6-11-7-15-17(5)8-11;/h7-10H,6H2,1-5H3,(H2,13,14,16);1H. The van der Waals surface area contributed by atoms with Crippen molar-refractivity contribution in [3.8, 4) is 0 Å². The van der Waals surface area contributed by atoms with Crippen molar-refractivity contribution in [2.24, 2.45) is 18.0 Å². The molecule has 1 aromatic rings. The van der Waals surface area contributed by atoms with E-state index in [9.17, 15) is 0 Å². The Balaban J connectivity index is 0.00000289. The highest BCUT2D eigenvalue weighted by Crippen LogP contribution is 1.99. The highest BCUT2D eigenvalue weighted by molar-refractivity contribution is 14.0. The summed E-state index contributed by atoms with van der Waals surface area (Å²) in [6.45, 7) is 7.26. The van der Waals surface area contributed by atoms with Gasteiger partial charge in [0.15, 0.2) is 5.96 Å². The van der Waals surface area contributed by atoms with Crippen LogP contribution in [0.15, 0.2) is 17.4 Å². The molecule has 1 unspecified atom stereocenters. The lowest BCUT2D eigenvalue weighted by Gasteiger charge is -2.20. The van der Waals surface area contributed by atoms with Crippen molar-refractivity contribution in [3.63, 3.8) is 0 Å². The monoisotopic (exact) mass is 365 g/mol. The van der Waals surface area contributed by atoms with E-state index in [1.165, 1.54) is 0 Å². The third-order valence-corrected chi connectivity index (χ3v) is 2.81. The van der Waals surface area contributed by atoms with Crippen LogP contribution >= 0.6 is 24.0 Å². The number of aromatic nitrogens is 2. The Morgan fingerprint density at radius 3 is 2.56 bits per heavy atom. The van der Waals surface area contributed by atoms with E-state index >= 15 is 0 Å². The van der Waals surface area contributed by atoms with Crippen LogP contribution in [-0.4, -0.2) is 28.8 Å². The quantitative estimate of drug-likeness (QED) is 0.486. The highest BCUT2D eigenvalue weighted by atomic mass is 127. The van der Waals surface area contributed by atoms with Crippen molar-refractivity contribution >= 4 is 29.9 Å². The number of aryl methyl sites for hydroxylation is 1. The summed E-state index contributed by atoms with van der Waals surface area (Å²) in [4.78, 5) is 4.20. The second kappa shape index (κ2) is 8.34. The maximum Gasteiger partial charge on any atom is 0.191 e. The van der Waals surface area contributed by atoms with Gasteiger partial charge in [0.2, 0.25) is 0 Å². The average Bonchev–Trinajstić information content (AvgIpc) is 2.69. The zero-order valence-corrected chi connectivity index (χ0v) is 14.1. The summed E-state index contributed by atoms with van der Waals surface area (Å²) in [5.74, 6) is 1.40. The molecule has 1 atom stereocenters. The number of rotatable bonds is 4. The second-order valence-electron chi connectivity index (χ2n) is 4.63. The van der Waals surface area contributed by atoms with Gasteiger partial charge in [-0.1, -0.05) is 13.8 Å². The molecule has 104 valence electrons. The number of halogens is 1. The summed E-state index contributed by atoms with van der Waals surface area (Å²) in [6, 6.07) is 0.398. The van der Waals surface area contributed by atoms with Crippen LogP contribution in [0.25, 0.3) is 0 Å². The second-order valence-corrected chi connectivity index (χ2v) is 4.63. The minimum absolute atomic E-state index is 0. The van der Waals surface area contributed by atoms with Gasteiger partial charge in [0.25, 0.3) is 0 Å². The van der Waals surface area contributed by atoms with Crippen LogP contribution in [0.2, 0.25) is 0 Å². The van der Waals surface area contributed by atoms with Gasteiger partial charge >= 0.3 is 0 Å². The molecule has 0 saturated heterocycles. The lowest BCUT2D eigenvalue weighted by Crippen LogP contribution is -2.43. The van der Waals surface area contributed by atoms with E-state index < -0.39 is 0 Å². The lowest BCUT2D eigenvalue weighted by molar-refractivity contribution is 0.481. The molecule has 0 radical (unpaired) electrons. The predicted octanol–water partition coefficient (Wildman–Crippen LogP) is 1.75. The Morgan fingerprint density at radius 1 is 1.44 bits per heavy atom. The Bertz CT molecular complexity index is 372. The summed E-state index contributed by atoms with van der Waals surface area (Å²) in [5, 5.41) is 10.8. The van der Waals surface area contributed by atoms with E-state index in [0.717, 1.165) is 18.1 Å². The van der Waals surface area contributed by atoms with E-state index in [4.69, 9.17) is 0 Å². The van der Waals surface area contributed by atoms with Gasteiger partial charge in [-0.2, -0.15) is 5.10 Å². The Morgan fingerprint density at radius 2 is 2.11 bits per heavy atom. The van der Waals surface area contributed by atoms with E-state index in [0.29, 0.717) is 12.0 Å². The molecule has 0 fully saturated rings. The van der Waals surface area contributed by atoms with Gasteiger partial charge in [-0.25, -0.2) is 0 Å². The van der Waals surface area contributed by atoms with Gasteiger partial charge in [0.05, 0.1) is 6.20 Å². The maximum absolute atomic E-state index is 4.20. The van der Waals surface area contributed by atoms with Crippen LogP contribution in [0.4, 0.5) is 0 Å². The molecule has 5 nitrogen and oxygen atoms in total. The predicted molar refractivity (Wildman–Crippen MR) is 86.3 cm³/mol. The Hall–Kier alpha value is -0.790. The van der Waals surface area contributed by atoms with Crippen molar-refractivity contribution < 1.29 is 0 Å². The van der Waals surface area contributed by atoms with Crippen LogP contribution in [0.5, 0.6) is 0 Å². The minimum Gasteiger partial charge on any atom is -0.354 e. The first-order chi connectivity index (χ1) is 8.02. The third-order valence-electron chi connectivity index (χ3n) is 2.81. The van der Waals surface area contributed by atoms with Gasteiger partial charge in [-0.3, -0.25) is 9.67 Å². The SMILES string of the molecule is CN=C(NCc1cnn(C)c1)NC(C)C(C)C.I. The molecule has 0 aliphatic rings. The van der Waals surface area contributed by atoms with Crippen LogP contribution in [0.3, 0.4) is 0 Å². The molecule has 0 saturated carbocycles. The number of guanidine groups is 1. The van der Waals surface area contributed by atoms with E-state index in [2.05, 4.69) is 41.5 Å². The summed E-state index contributed by atoms with van der Waals surface area (Å²) in [5.41, 5.74) is 1.15. The number of hydrogen-bond donors (Lipinski definition) is 2. The van der Waals surface area contributed by atoms with E-state index in [1.54, 1.807) is 11.7 Å². The molecule has 2 N–H and O–H groups in total. The molecule has 0 bridgehead atoms. The maximum atomic E-state index is 4.20. The smallest absolute Gasteiger partial charge is 0.191 e. The Labute approximate surface area is 126 Å². The summed E-state index contributed by atoms with van der Waals surface area (Å²) < 4.78 is 1.80. The van der Waals surface area contributed by atoms with E-state index in [-0.39, 0.29) is 24.0 Å². The van der Waals surface area contributed by atoms with Crippen LogP contribution in [0.1, 0.15) is 26.3 Å². The molecule has 6 heteroatoms. The van der Waals surface area contributed by atoms with E-state index in [1.807, 2.05) is 19.4 Å². The highest BCUT2D eigenvalue weighted by Gasteiger charge is 2.08. The fourth-order valence-electron chi connectivity index (χ4n) is 1.33. The number of nitrogens with one attached hydrogen (secondary N) is 2. The molecule has 0 amide bonds. The summed E-state index contributed by atoms with van der Waals surface area (Å²) in [7, 11) is 3.70. The van der Waals surface area contributed by atoms with Crippen molar-refractivity contribution in [1.29, 1.82) is 0 Å². The van der Waals surface area contributed by atoms with Gasteiger partial charge < -0.3 is 10.6 Å². The van der Waals surface area contributed by atoms with Gasteiger partial charge in [-0.05, 0) is 12.8 Å². The first kappa shape index (κ1) is 17.2. The molecular formula is C12H24IN5. The molecule has 0 aliphatic carbocycles. The number of hydrogen-bond acceptors (Lipinski definition) is 2. The zero-order chi connectivity index (χ0) is 12.8. The molecule has 1 heterocycles. The molecule has 0 aromatic carbocycles. The summed E-state index contributed by atoms with van der Waals surface area (Å²) >= 11 is 0. The third kappa shape index (κ3) is 5.70. The fraction of sp³-hybridized carbons (Fsp3) is 0.667.